The fourth-order valence-corrected chi connectivity index (χ4v) is 2.57. The Morgan fingerprint density at radius 3 is 3.00 bits per heavy atom. The third kappa shape index (κ3) is 3.03. The van der Waals surface area contributed by atoms with E-state index >= 15 is 0 Å². The lowest BCUT2D eigenvalue weighted by atomic mass is 10.1. The average molecular weight is 267 g/mol. The zero-order valence-corrected chi connectivity index (χ0v) is 11.4. The number of hydrogen-bond acceptors (Lipinski definition) is 2. The maximum absolute atomic E-state index is 12.5. The topological polar surface area (TPSA) is 32.3 Å². The molecule has 1 aliphatic rings. The molecule has 1 aromatic carbocycles. The Bertz CT molecular complexity index is 416. The number of hydrogen-bond donors (Lipinski definition) is 1. The molecule has 0 bridgehead atoms. The number of rotatable bonds is 4. The van der Waals surface area contributed by atoms with E-state index in [2.05, 4.69) is 12.2 Å². The summed E-state index contributed by atoms with van der Waals surface area (Å²) in [6, 6.07) is 7.51. The van der Waals surface area contributed by atoms with E-state index in [-0.39, 0.29) is 5.91 Å². The Morgan fingerprint density at radius 2 is 2.39 bits per heavy atom. The quantitative estimate of drug-likeness (QED) is 0.908. The van der Waals surface area contributed by atoms with Gasteiger partial charge in [0.05, 0.1) is 0 Å². The maximum atomic E-state index is 12.5. The first kappa shape index (κ1) is 13.4. The van der Waals surface area contributed by atoms with Crippen LogP contribution in [-0.4, -0.2) is 36.5 Å². The highest BCUT2D eigenvalue weighted by atomic mass is 35.5. The van der Waals surface area contributed by atoms with Crippen molar-refractivity contribution in [1.82, 2.24) is 10.2 Å². The number of carbonyl (C=O) groups is 1. The van der Waals surface area contributed by atoms with Gasteiger partial charge in [-0.2, -0.15) is 0 Å². The zero-order chi connectivity index (χ0) is 13.0. The molecule has 18 heavy (non-hydrogen) atoms. The highest BCUT2D eigenvalue weighted by molar-refractivity contribution is 6.30. The molecule has 1 aromatic rings. The minimum atomic E-state index is 0.0908. The molecule has 1 fully saturated rings. The van der Waals surface area contributed by atoms with Crippen molar-refractivity contribution in [1.29, 1.82) is 0 Å². The summed E-state index contributed by atoms with van der Waals surface area (Å²) < 4.78 is 0. The molecule has 1 amide bonds. The van der Waals surface area contributed by atoms with Gasteiger partial charge in [0, 0.05) is 29.7 Å². The van der Waals surface area contributed by atoms with Crippen molar-refractivity contribution in [3.8, 4) is 0 Å². The summed E-state index contributed by atoms with van der Waals surface area (Å²) in [5.74, 6) is 0.0908. The lowest BCUT2D eigenvalue weighted by Gasteiger charge is -2.28. The van der Waals surface area contributed by atoms with Gasteiger partial charge in [-0.15, -0.1) is 0 Å². The lowest BCUT2D eigenvalue weighted by Crippen LogP contribution is -2.42. The van der Waals surface area contributed by atoms with Crippen molar-refractivity contribution < 1.29 is 4.79 Å². The van der Waals surface area contributed by atoms with Crippen LogP contribution in [0, 0.1) is 0 Å². The molecular weight excluding hydrogens is 248 g/mol. The lowest BCUT2D eigenvalue weighted by molar-refractivity contribution is 0.0692. The summed E-state index contributed by atoms with van der Waals surface area (Å²) in [6.45, 7) is 4.79. The van der Waals surface area contributed by atoms with Crippen LogP contribution in [0.1, 0.15) is 30.1 Å². The van der Waals surface area contributed by atoms with Gasteiger partial charge >= 0.3 is 0 Å². The highest BCUT2D eigenvalue weighted by Gasteiger charge is 2.26. The summed E-state index contributed by atoms with van der Waals surface area (Å²) in [5.41, 5.74) is 0.683. The number of nitrogens with zero attached hydrogens (tertiary/aromatic N) is 1. The van der Waals surface area contributed by atoms with Crippen LogP contribution in [0.25, 0.3) is 0 Å². The second-order valence-corrected chi connectivity index (χ2v) is 5.09. The van der Waals surface area contributed by atoms with Crippen LogP contribution < -0.4 is 5.32 Å². The minimum absolute atomic E-state index is 0.0908. The second-order valence-electron chi connectivity index (χ2n) is 4.66. The van der Waals surface area contributed by atoms with Crippen molar-refractivity contribution in [3.63, 3.8) is 0 Å². The van der Waals surface area contributed by atoms with Gasteiger partial charge in [-0.25, -0.2) is 0 Å². The summed E-state index contributed by atoms with van der Waals surface area (Å²) in [7, 11) is 0. The molecule has 0 aliphatic carbocycles. The van der Waals surface area contributed by atoms with Crippen LogP contribution in [0.3, 0.4) is 0 Å². The van der Waals surface area contributed by atoms with Gasteiger partial charge in [-0.05, 0) is 37.6 Å². The SMILES string of the molecule is CCCN(C(=O)c1cccc(Cl)c1)C1CCNC1. The van der Waals surface area contributed by atoms with Crippen LogP contribution in [0.15, 0.2) is 24.3 Å². The summed E-state index contributed by atoms with van der Waals surface area (Å²) in [6.07, 6.45) is 2.01. The Kier molecular flexibility index (Phi) is 4.61. The summed E-state index contributed by atoms with van der Waals surface area (Å²) in [5, 5.41) is 3.92. The Balaban J connectivity index is 2.17. The van der Waals surface area contributed by atoms with Crippen molar-refractivity contribution in [3.05, 3.63) is 34.9 Å². The van der Waals surface area contributed by atoms with Gasteiger partial charge in [0.25, 0.3) is 5.91 Å². The molecule has 1 unspecified atom stereocenters. The van der Waals surface area contributed by atoms with E-state index < -0.39 is 0 Å². The zero-order valence-electron chi connectivity index (χ0n) is 10.7. The van der Waals surface area contributed by atoms with Crippen LogP contribution in [0.5, 0.6) is 0 Å². The number of nitrogens with one attached hydrogen (secondary N) is 1. The van der Waals surface area contributed by atoms with Crippen molar-refractivity contribution in [2.24, 2.45) is 0 Å². The molecule has 0 spiro atoms. The van der Waals surface area contributed by atoms with Crippen molar-refractivity contribution in [2.75, 3.05) is 19.6 Å². The van der Waals surface area contributed by atoms with Crippen LogP contribution in [0.2, 0.25) is 5.02 Å². The Hall–Kier alpha value is -1.06. The molecule has 0 aromatic heterocycles. The molecule has 1 aliphatic heterocycles. The fraction of sp³-hybridized carbons (Fsp3) is 0.500. The van der Waals surface area contributed by atoms with Gasteiger partial charge < -0.3 is 10.2 Å². The average Bonchev–Trinajstić information content (AvgIpc) is 2.89. The Morgan fingerprint density at radius 1 is 1.56 bits per heavy atom. The van der Waals surface area contributed by atoms with Crippen molar-refractivity contribution >= 4 is 17.5 Å². The second kappa shape index (κ2) is 6.21. The van der Waals surface area contributed by atoms with Gasteiger partial charge in [0.2, 0.25) is 0 Å². The van der Waals surface area contributed by atoms with Gasteiger partial charge in [-0.3, -0.25) is 4.79 Å². The van der Waals surface area contributed by atoms with E-state index in [0.717, 1.165) is 32.5 Å². The largest absolute Gasteiger partial charge is 0.334 e. The fourth-order valence-electron chi connectivity index (χ4n) is 2.38. The molecule has 1 N–H and O–H groups in total. The van der Waals surface area contributed by atoms with Crippen LogP contribution in [-0.2, 0) is 0 Å². The third-order valence-corrected chi connectivity index (χ3v) is 3.51. The molecule has 1 atom stereocenters. The number of halogens is 1. The molecule has 4 heteroatoms. The van der Waals surface area contributed by atoms with E-state index in [0.29, 0.717) is 16.6 Å². The molecule has 1 heterocycles. The molecule has 0 radical (unpaired) electrons. The number of benzene rings is 1. The normalized spacial score (nSPS) is 18.9. The van der Waals surface area contributed by atoms with Crippen LogP contribution >= 0.6 is 11.6 Å². The first-order valence-electron chi connectivity index (χ1n) is 6.49. The number of carbonyl (C=O) groups excluding carboxylic acids is 1. The van der Waals surface area contributed by atoms with E-state index in [1.807, 2.05) is 17.0 Å². The highest BCUT2D eigenvalue weighted by Crippen LogP contribution is 2.17. The molecule has 1 saturated heterocycles. The molecule has 2 rings (SSSR count). The molecule has 0 saturated carbocycles. The molecule has 98 valence electrons. The van der Waals surface area contributed by atoms with E-state index in [4.69, 9.17) is 11.6 Å². The van der Waals surface area contributed by atoms with E-state index in [1.54, 1.807) is 12.1 Å². The molecular formula is C14H19ClN2O. The smallest absolute Gasteiger partial charge is 0.254 e. The maximum Gasteiger partial charge on any atom is 0.254 e. The standard InChI is InChI=1S/C14H19ClN2O/c1-2-8-17(13-6-7-16-10-13)14(18)11-4-3-5-12(15)9-11/h3-5,9,13,16H,2,6-8,10H2,1H3. The predicted octanol–water partition coefficient (Wildman–Crippen LogP) is 2.55. The summed E-state index contributed by atoms with van der Waals surface area (Å²) in [4.78, 5) is 14.5. The Labute approximate surface area is 113 Å². The minimum Gasteiger partial charge on any atom is -0.334 e. The molecule has 3 nitrogen and oxygen atoms in total. The predicted molar refractivity (Wildman–Crippen MR) is 74.1 cm³/mol. The van der Waals surface area contributed by atoms with Gasteiger partial charge in [0.15, 0.2) is 0 Å². The van der Waals surface area contributed by atoms with Gasteiger partial charge in [0.1, 0.15) is 0 Å². The number of amides is 1. The summed E-state index contributed by atoms with van der Waals surface area (Å²) >= 11 is 5.95. The monoisotopic (exact) mass is 266 g/mol. The first-order chi connectivity index (χ1) is 8.72. The van der Waals surface area contributed by atoms with Gasteiger partial charge in [-0.1, -0.05) is 24.6 Å². The third-order valence-electron chi connectivity index (χ3n) is 3.27. The van der Waals surface area contributed by atoms with Crippen molar-refractivity contribution in [2.45, 2.75) is 25.8 Å². The van der Waals surface area contributed by atoms with Crippen LogP contribution in [0.4, 0.5) is 0 Å². The van der Waals surface area contributed by atoms with E-state index in [1.165, 1.54) is 0 Å². The van der Waals surface area contributed by atoms with E-state index in [9.17, 15) is 4.79 Å². The first-order valence-corrected chi connectivity index (χ1v) is 6.87.